The van der Waals surface area contributed by atoms with Crippen LogP contribution >= 0.6 is 27.5 Å². The molecule has 2 aromatic carbocycles. The number of halogens is 2. The molecule has 30 heavy (non-hydrogen) atoms. The van der Waals surface area contributed by atoms with Crippen molar-refractivity contribution in [2.24, 2.45) is 0 Å². The molecule has 0 aliphatic rings. The van der Waals surface area contributed by atoms with Gasteiger partial charge in [0.2, 0.25) is 0 Å². The highest BCUT2D eigenvalue weighted by Gasteiger charge is 2.15. The maximum atomic E-state index is 12.8. The molecule has 0 radical (unpaired) electrons. The second-order valence-electron chi connectivity index (χ2n) is 7.12. The highest BCUT2D eigenvalue weighted by molar-refractivity contribution is 9.10. The summed E-state index contributed by atoms with van der Waals surface area (Å²) in [4.78, 5) is 29.6. The van der Waals surface area contributed by atoms with Crippen molar-refractivity contribution < 1.29 is 9.59 Å². The third-order valence-corrected chi connectivity index (χ3v) is 5.17. The zero-order valence-electron chi connectivity index (χ0n) is 16.8. The predicted molar refractivity (Wildman–Crippen MR) is 124 cm³/mol. The Hall–Kier alpha value is -2.70. The molecule has 0 bridgehead atoms. The molecule has 0 fully saturated rings. The second kappa shape index (κ2) is 9.41. The SMILES string of the molecule is Cc1nc(-c2cccc(Br)c2)ccc1C(=O)Nc1cc(C(=O)NC(C)C)ccc1Cl. The number of aryl methyl sites for hydroxylation is 1. The first-order valence-electron chi connectivity index (χ1n) is 9.40. The zero-order chi connectivity index (χ0) is 21.8. The van der Waals surface area contributed by atoms with Crippen molar-refractivity contribution in [3.8, 4) is 11.3 Å². The minimum atomic E-state index is -0.343. The molecule has 0 aliphatic heterocycles. The number of carbonyl (C=O) groups excluding carboxylic acids is 2. The monoisotopic (exact) mass is 485 g/mol. The van der Waals surface area contributed by atoms with Gasteiger partial charge in [0.15, 0.2) is 0 Å². The maximum Gasteiger partial charge on any atom is 0.257 e. The van der Waals surface area contributed by atoms with Crippen LogP contribution in [0.1, 0.15) is 40.3 Å². The van der Waals surface area contributed by atoms with Gasteiger partial charge >= 0.3 is 0 Å². The van der Waals surface area contributed by atoms with E-state index in [2.05, 4.69) is 31.5 Å². The smallest absolute Gasteiger partial charge is 0.257 e. The molecule has 1 heterocycles. The predicted octanol–water partition coefficient (Wildman–Crippen LogP) is 5.86. The van der Waals surface area contributed by atoms with E-state index in [0.717, 1.165) is 15.7 Å². The van der Waals surface area contributed by atoms with Crippen molar-refractivity contribution in [2.45, 2.75) is 26.8 Å². The van der Waals surface area contributed by atoms with Crippen LogP contribution in [-0.2, 0) is 0 Å². The number of nitrogens with zero attached hydrogens (tertiary/aromatic N) is 1. The van der Waals surface area contributed by atoms with E-state index in [1.165, 1.54) is 0 Å². The third kappa shape index (κ3) is 5.26. The van der Waals surface area contributed by atoms with Crippen LogP contribution in [-0.4, -0.2) is 22.8 Å². The van der Waals surface area contributed by atoms with E-state index >= 15 is 0 Å². The van der Waals surface area contributed by atoms with Crippen LogP contribution in [0, 0.1) is 6.92 Å². The minimum Gasteiger partial charge on any atom is -0.350 e. The van der Waals surface area contributed by atoms with Gasteiger partial charge in [-0.1, -0.05) is 39.7 Å². The van der Waals surface area contributed by atoms with E-state index in [0.29, 0.717) is 27.5 Å². The van der Waals surface area contributed by atoms with Crippen molar-refractivity contribution in [3.05, 3.63) is 80.9 Å². The average molecular weight is 487 g/mol. The van der Waals surface area contributed by atoms with E-state index in [1.807, 2.05) is 38.1 Å². The molecular weight excluding hydrogens is 466 g/mol. The number of rotatable bonds is 5. The summed E-state index contributed by atoms with van der Waals surface area (Å²) in [6.07, 6.45) is 0. The third-order valence-electron chi connectivity index (χ3n) is 4.35. The van der Waals surface area contributed by atoms with Gasteiger partial charge in [0.25, 0.3) is 11.8 Å². The fourth-order valence-corrected chi connectivity index (χ4v) is 3.47. The summed E-state index contributed by atoms with van der Waals surface area (Å²) in [6, 6.07) is 16.1. The standard InChI is InChI=1S/C23H21BrClN3O2/c1-13(2)26-22(29)16-7-9-19(25)21(12-16)28-23(30)18-8-10-20(27-14(18)3)15-5-4-6-17(24)11-15/h4-13H,1-3H3,(H,26,29)(H,28,30). The Kier molecular flexibility index (Phi) is 6.90. The van der Waals surface area contributed by atoms with E-state index in [-0.39, 0.29) is 17.9 Å². The fraction of sp³-hybridized carbons (Fsp3) is 0.174. The van der Waals surface area contributed by atoms with Gasteiger partial charge in [-0.05, 0) is 63.2 Å². The van der Waals surface area contributed by atoms with E-state index in [4.69, 9.17) is 11.6 Å². The molecule has 3 rings (SSSR count). The van der Waals surface area contributed by atoms with E-state index in [9.17, 15) is 9.59 Å². The summed E-state index contributed by atoms with van der Waals surface area (Å²) < 4.78 is 0.956. The summed E-state index contributed by atoms with van der Waals surface area (Å²) in [6.45, 7) is 5.54. The van der Waals surface area contributed by atoms with Crippen molar-refractivity contribution in [2.75, 3.05) is 5.32 Å². The molecule has 0 atom stereocenters. The highest BCUT2D eigenvalue weighted by atomic mass is 79.9. The summed E-state index contributed by atoms with van der Waals surface area (Å²) >= 11 is 9.69. The number of carbonyl (C=O) groups is 2. The van der Waals surface area contributed by atoms with E-state index < -0.39 is 0 Å². The number of hydrogen-bond acceptors (Lipinski definition) is 3. The molecule has 2 N–H and O–H groups in total. The lowest BCUT2D eigenvalue weighted by molar-refractivity contribution is 0.0941. The van der Waals surface area contributed by atoms with Crippen LogP contribution in [0.3, 0.4) is 0 Å². The van der Waals surface area contributed by atoms with Gasteiger partial charge in [0.1, 0.15) is 0 Å². The molecule has 2 amide bonds. The molecule has 0 aliphatic carbocycles. The molecular formula is C23H21BrClN3O2. The van der Waals surface area contributed by atoms with Crippen LogP contribution < -0.4 is 10.6 Å². The molecule has 7 heteroatoms. The number of hydrogen-bond donors (Lipinski definition) is 2. The lowest BCUT2D eigenvalue weighted by Crippen LogP contribution is -2.30. The molecule has 0 saturated carbocycles. The van der Waals surface area contributed by atoms with Crippen LogP contribution in [0.2, 0.25) is 5.02 Å². The lowest BCUT2D eigenvalue weighted by Gasteiger charge is -2.13. The average Bonchev–Trinajstić information content (AvgIpc) is 2.68. The summed E-state index contributed by atoms with van der Waals surface area (Å²) in [5.41, 5.74) is 3.54. The summed E-state index contributed by atoms with van der Waals surface area (Å²) in [5, 5.41) is 5.95. The van der Waals surface area contributed by atoms with E-state index in [1.54, 1.807) is 37.3 Å². The van der Waals surface area contributed by atoms with Crippen LogP contribution in [0.4, 0.5) is 5.69 Å². The topological polar surface area (TPSA) is 71.1 Å². The fourth-order valence-electron chi connectivity index (χ4n) is 2.91. The Balaban J connectivity index is 1.83. The van der Waals surface area contributed by atoms with Gasteiger partial charge in [-0.25, -0.2) is 0 Å². The van der Waals surface area contributed by atoms with Gasteiger partial charge in [-0.15, -0.1) is 0 Å². The summed E-state index contributed by atoms with van der Waals surface area (Å²) in [7, 11) is 0. The van der Waals surface area contributed by atoms with Crippen LogP contribution in [0.15, 0.2) is 59.1 Å². The second-order valence-corrected chi connectivity index (χ2v) is 8.44. The number of pyridine rings is 1. The Labute approximate surface area is 189 Å². The quantitative estimate of drug-likeness (QED) is 0.474. The van der Waals surface area contributed by atoms with Gasteiger partial charge in [0, 0.05) is 21.6 Å². The van der Waals surface area contributed by atoms with Crippen LogP contribution in [0.5, 0.6) is 0 Å². The Morgan fingerprint density at radius 3 is 2.47 bits per heavy atom. The van der Waals surface area contributed by atoms with Gasteiger partial charge in [-0.2, -0.15) is 0 Å². The molecule has 5 nitrogen and oxygen atoms in total. The number of nitrogens with one attached hydrogen (secondary N) is 2. The molecule has 0 spiro atoms. The number of benzene rings is 2. The molecule has 3 aromatic rings. The van der Waals surface area contributed by atoms with Gasteiger partial charge in [0.05, 0.1) is 27.7 Å². The zero-order valence-corrected chi connectivity index (χ0v) is 19.1. The van der Waals surface area contributed by atoms with Crippen molar-refractivity contribution in [1.29, 1.82) is 0 Å². The first-order chi connectivity index (χ1) is 14.2. The Morgan fingerprint density at radius 1 is 1.03 bits per heavy atom. The van der Waals surface area contributed by atoms with Crippen LogP contribution in [0.25, 0.3) is 11.3 Å². The minimum absolute atomic E-state index is 0.00342. The normalized spacial score (nSPS) is 10.7. The van der Waals surface area contributed by atoms with Crippen molar-refractivity contribution in [1.82, 2.24) is 10.3 Å². The molecule has 0 unspecified atom stereocenters. The molecule has 1 aromatic heterocycles. The number of amides is 2. The first-order valence-corrected chi connectivity index (χ1v) is 10.6. The highest BCUT2D eigenvalue weighted by Crippen LogP contribution is 2.26. The first kappa shape index (κ1) is 22.0. The summed E-state index contributed by atoms with van der Waals surface area (Å²) in [5.74, 6) is -0.572. The lowest BCUT2D eigenvalue weighted by atomic mass is 10.1. The van der Waals surface area contributed by atoms with Crippen molar-refractivity contribution in [3.63, 3.8) is 0 Å². The largest absolute Gasteiger partial charge is 0.350 e. The number of anilines is 1. The number of aromatic nitrogens is 1. The maximum absolute atomic E-state index is 12.8. The molecule has 154 valence electrons. The Bertz CT molecular complexity index is 1120. The Morgan fingerprint density at radius 2 is 1.80 bits per heavy atom. The van der Waals surface area contributed by atoms with Gasteiger partial charge < -0.3 is 10.6 Å². The van der Waals surface area contributed by atoms with Crippen molar-refractivity contribution >= 4 is 45.0 Å². The molecule has 0 saturated heterocycles. The van der Waals surface area contributed by atoms with Gasteiger partial charge in [-0.3, -0.25) is 14.6 Å².